The Hall–Kier alpha value is -2.42. The van der Waals surface area contributed by atoms with Crippen molar-refractivity contribution in [2.75, 3.05) is 7.11 Å². The smallest absolute Gasteiger partial charge is 0.168 e. The van der Waals surface area contributed by atoms with Crippen molar-refractivity contribution in [1.29, 1.82) is 0 Å². The largest absolute Gasteiger partial charge is 0.497 e. The zero-order chi connectivity index (χ0) is 13.5. The molecule has 0 atom stereocenters. The molecule has 0 N–H and O–H groups in total. The number of ether oxygens (including phenoxy) is 1. The van der Waals surface area contributed by atoms with Crippen LogP contribution in [0.15, 0.2) is 59.6 Å². The van der Waals surface area contributed by atoms with Crippen molar-refractivity contribution in [1.82, 2.24) is 0 Å². The third kappa shape index (κ3) is 3.78. The molecule has 0 aliphatic carbocycles. The Labute approximate surface area is 112 Å². The zero-order valence-electron chi connectivity index (χ0n) is 10.7. The van der Waals surface area contributed by atoms with E-state index >= 15 is 0 Å². The molecular weight excluding hydrogens is 238 g/mol. The number of hydrogen-bond donors (Lipinski definition) is 0. The fourth-order valence-electron chi connectivity index (χ4n) is 1.64. The van der Waals surface area contributed by atoms with Crippen molar-refractivity contribution in [3.05, 3.63) is 60.2 Å². The first kappa shape index (κ1) is 13.0. The van der Waals surface area contributed by atoms with Gasteiger partial charge in [-0.15, -0.1) is 0 Å². The Bertz CT molecular complexity index is 559. The van der Waals surface area contributed by atoms with E-state index in [1.54, 1.807) is 13.3 Å². The van der Waals surface area contributed by atoms with Crippen LogP contribution in [0.2, 0.25) is 0 Å². The molecule has 0 aliphatic rings. The van der Waals surface area contributed by atoms with E-state index in [9.17, 15) is 4.79 Å². The number of Topliss-reactive ketones (excluding diaryl/α,β-unsaturated/α-hetero) is 1. The first-order valence-electron chi connectivity index (χ1n) is 6.04. The summed E-state index contributed by atoms with van der Waals surface area (Å²) in [5, 5.41) is 0. The molecule has 0 aromatic heterocycles. The van der Waals surface area contributed by atoms with E-state index in [2.05, 4.69) is 4.99 Å². The van der Waals surface area contributed by atoms with Crippen LogP contribution in [0.4, 0.5) is 5.69 Å². The summed E-state index contributed by atoms with van der Waals surface area (Å²) in [6.45, 7) is 0. The lowest BCUT2D eigenvalue weighted by Crippen LogP contribution is -1.98. The Morgan fingerprint density at radius 1 is 1.11 bits per heavy atom. The van der Waals surface area contributed by atoms with Crippen LogP contribution in [0, 0.1) is 0 Å². The molecule has 0 unspecified atom stereocenters. The van der Waals surface area contributed by atoms with Gasteiger partial charge in [0.25, 0.3) is 0 Å². The molecule has 19 heavy (non-hydrogen) atoms. The maximum absolute atomic E-state index is 11.8. The van der Waals surface area contributed by atoms with E-state index in [0.717, 1.165) is 11.4 Å². The maximum atomic E-state index is 11.8. The lowest BCUT2D eigenvalue weighted by molar-refractivity contribution is 0.100. The van der Waals surface area contributed by atoms with Crippen LogP contribution < -0.4 is 4.74 Å². The Morgan fingerprint density at radius 2 is 1.79 bits per heavy atom. The van der Waals surface area contributed by atoms with Crippen molar-refractivity contribution in [3.8, 4) is 5.75 Å². The van der Waals surface area contributed by atoms with Gasteiger partial charge in [0.1, 0.15) is 5.75 Å². The molecule has 0 bridgehead atoms. The highest BCUT2D eigenvalue weighted by molar-refractivity contribution is 6.03. The molecule has 0 radical (unpaired) electrons. The maximum Gasteiger partial charge on any atom is 0.168 e. The average molecular weight is 253 g/mol. The highest BCUT2D eigenvalue weighted by Gasteiger charge is 2.01. The van der Waals surface area contributed by atoms with Crippen LogP contribution in [0.25, 0.3) is 0 Å². The van der Waals surface area contributed by atoms with Gasteiger partial charge in [0, 0.05) is 18.2 Å². The van der Waals surface area contributed by atoms with Crippen LogP contribution in [-0.4, -0.2) is 19.1 Å². The molecular formula is C16H15NO2. The molecule has 2 aromatic carbocycles. The van der Waals surface area contributed by atoms with Gasteiger partial charge in [0.15, 0.2) is 5.78 Å². The highest BCUT2D eigenvalue weighted by Crippen LogP contribution is 2.17. The summed E-state index contributed by atoms with van der Waals surface area (Å²) in [5.41, 5.74) is 1.52. The van der Waals surface area contributed by atoms with E-state index in [1.807, 2.05) is 54.6 Å². The summed E-state index contributed by atoms with van der Waals surface area (Å²) in [6, 6.07) is 16.6. The predicted molar refractivity (Wildman–Crippen MR) is 76.5 cm³/mol. The summed E-state index contributed by atoms with van der Waals surface area (Å²) in [7, 11) is 1.62. The summed E-state index contributed by atoms with van der Waals surface area (Å²) in [6.07, 6.45) is 1.94. The fraction of sp³-hybridized carbons (Fsp3) is 0.125. The van der Waals surface area contributed by atoms with E-state index in [1.165, 1.54) is 0 Å². The SMILES string of the molecule is COc1ccc(N=CCC(=O)c2ccccc2)cc1. The van der Waals surface area contributed by atoms with Gasteiger partial charge in [-0.25, -0.2) is 0 Å². The van der Waals surface area contributed by atoms with Crippen molar-refractivity contribution in [2.24, 2.45) is 4.99 Å². The molecule has 2 rings (SSSR count). The molecule has 0 fully saturated rings. The Morgan fingerprint density at radius 3 is 2.42 bits per heavy atom. The van der Waals surface area contributed by atoms with Crippen LogP contribution in [-0.2, 0) is 0 Å². The van der Waals surface area contributed by atoms with E-state index in [0.29, 0.717) is 12.0 Å². The number of carbonyl (C=O) groups excluding carboxylic acids is 1. The van der Waals surface area contributed by atoms with Gasteiger partial charge in [-0.05, 0) is 24.3 Å². The van der Waals surface area contributed by atoms with Crippen molar-refractivity contribution >= 4 is 17.7 Å². The third-order valence-corrected chi connectivity index (χ3v) is 2.69. The van der Waals surface area contributed by atoms with Crippen LogP contribution in [0.1, 0.15) is 16.8 Å². The molecule has 96 valence electrons. The molecule has 3 heteroatoms. The van der Waals surface area contributed by atoms with Gasteiger partial charge in [-0.1, -0.05) is 30.3 Å². The third-order valence-electron chi connectivity index (χ3n) is 2.69. The van der Waals surface area contributed by atoms with Gasteiger partial charge in [0.05, 0.1) is 12.8 Å². The molecule has 0 saturated heterocycles. The average Bonchev–Trinajstić information content (AvgIpc) is 2.49. The minimum Gasteiger partial charge on any atom is -0.497 e. The molecule has 3 nitrogen and oxygen atoms in total. The molecule has 0 aliphatic heterocycles. The Kier molecular flexibility index (Phi) is 4.45. The lowest BCUT2D eigenvalue weighted by Gasteiger charge is -1.99. The molecule has 0 saturated carbocycles. The molecule has 0 heterocycles. The van der Waals surface area contributed by atoms with E-state index < -0.39 is 0 Å². The molecule has 2 aromatic rings. The number of methoxy groups -OCH3 is 1. The van der Waals surface area contributed by atoms with E-state index in [4.69, 9.17) is 4.74 Å². The van der Waals surface area contributed by atoms with Crippen molar-refractivity contribution < 1.29 is 9.53 Å². The van der Waals surface area contributed by atoms with Crippen LogP contribution in [0.5, 0.6) is 5.75 Å². The second-order valence-electron chi connectivity index (χ2n) is 4.00. The quantitative estimate of drug-likeness (QED) is 0.602. The summed E-state index contributed by atoms with van der Waals surface area (Å²) >= 11 is 0. The first-order chi connectivity index (χ1) is 9.29. The Balaban J connectivity index is 1.94. The second kappa shape index (κ2) is 6.50. The van der Waals surface area contributed by atoms with Crippen LogP contribution >= 0.6 is 0 Å². The lowest BCUT2D eigenvalue weighted by atomic mass is 10.1. The fourth-order valence-corrected chi connectivity index (χ4v) is 1.64. The van der Waals surface area contributed by atoms with Crippen molar-refractivity contribution in [2.45, 2.75) is 6.42 Å². The monoisotopic (exact) mass is 253 g/mol. The number of nitrogens with zero attached hydrogens (tertiary/aromatic N) is 1. The van der Waals surface area contributed by atoms with E-state index in [-0.39, 0.29) is 5.78 Å². The van der Waals surface area contributed by atoms with Crippen molar-refractivity contribution in [3.63, 3.8) is 0 Å². The summed E-state index contributed by atoms with van der Waals surface area (Å²) in [4.78, 5) is 16.1. The van der Waals surface area contributed by atoms with Gasteiger partial charge in [0.2, 0.25) is 0 Å². The number of carbonyl (C=O) groups is 1. The molecule has 0 amide bonds. The minimum absolute atomic E-state index is 0.0675. The van der Waals surface area contributed by atoms with Gasteiger partial charge >= 0.3 is 0 Å². The highest BCUT2D eigenvalue weighted by atomic mass is 16.5. The first-order valence-corrected chi connectivity index (χ1v) is 6.04. The number of hydrogen-bond acceptors (Lipinski definition) is 3. The number of ketones is 1. The standard InChI is InChI=1S/C16H15NO2/c1-19-15-9-7-14(8-10-15)17-12-11-16(18)13-5-3-2-4-6-13/h2-10,12H,11H2,1H3. The zero-order valence-corrected chi connectivity index (χ0v) is 10.7. The predicted octanol–water partition coefficient (Wildman–Crippen LogP) is 3.67. The van der Waals surface area contributed by atoms with Crippen LogP contribution in [0.3, 0.4) is 0 Å². The normalized spacial score (nSPS) is 10.6. The van der Waals surface area contributed by atoms with Gasteiger partial charge < -0.3 is 4.74 Å². The topological polar surface area (TPSA) is 38.7 Å². The summed E-state index contributed by atoms with van der Waals surface area (Å²) in [5.74, 6) is 0.858. The number of rotatable bonds is 5. The summed E-state index contributed by atoms with van der Waals surface area (Å²) < 4.78 is 5.06. The van der Waals surface area contributed by atoms with Gasteiger partial charge in [-0.3, -0.25) is 9.79 Å². The minimum atomic E-state index is 0.0675. The number of aliphatic imine (C=N–C) groups is 1. The molecule has 0 spiro atoms. The van der Waals surface area contributed by atoms with Gasteiger partial charge in [-0.2, -0.15) is 0 Å². The number of benzene rings is 2. The second-order valence-corrected chi connectivity index (χ2v) is 4.00.